The maximum atomic E-state index is 13.6. The van der Waals surface area contributed by atoms with Crippen LogP contribution in [0.4, 0.5) is 5.13 Å². The zero-order chi connectivity index (χ0) is 20.5. The van der Waals surface area contributed by atoms with Gasteiger partial charge in [-0.1, -0.05) is 17.4 Å². The van der Waals surface area contributed by atoms with Gasteiger partial charge in [-0.25, -0.2) is 4.98 Å². The van der Waals surface area contributed by atoms with Crippen molar-refractivity contribution in [3.05, 3.63) is 70.8 Å². The number of hydrogen-bond donors (Lipinski definition) is 0. The van der Waals surface area contributed by atoms with Crippen LogP contribution in [0, 0.1) is 20.8 Å². The van der Waals surface area contributed by atoms with Crippen LogP contribution in [0.2, 0.25) is 0 Å². The summed E-state index contributed by atoms with van der Waals surface area (Å²) in [6, 6.07) is 11.8. The van der Waals surface area contributed by atoms with Crippen LogP contribution >= 0.6 is 11.3 Å². The summed E-state index contributed by atoms with van der Waals surface area (Å²) in [7, 11) is 0. The first-order valence-electron chi connectivity index (χ1n) is 9.60. The highest BCUT2D eigenvalue weighted by Crippen LogP contribution is 2.32. The van der Waals surface area contributed by atoms with Crippen LogP contribution in [-0.4, -0.2) is 25.7 Å². The smallest absolute Gasteiger partial charge is 0.277 e. The summed E-state index contributed by atoms with van der Waals surface area (Å²) in [5.41, 5.74) is 5.52. The minimum atomic E-state index is -0.120. The first-order chi connectivity index (χ1) is 14.0. The zero-order valence-electron chi connectivity index (χ0n) is 17.0. The molecule has 0 fully saturated rings. The van der Waals surface area contributed by atoms with Gasteiger partial charge in [0.05, 0.1) is 28.1 Å². The van der Waals surface area contributed by atoms with E-state index in [-0.39, 0.29) is 5.91 Å². The van der Waals surface area contributed by atoms with E-state index in [0.717, 1.165) is 21.6 Å². The third-order valence-corrected chi connectivity index (χ3v) is 5.98. The lowest BCUT2D eigenvalue weighted by molar-refractivity contribution is 0.0974. The van der Waals surface area contributed by atoms with E-state index >= 15 is 0 Å². The highest BCUT2D eigenvalue weighted by atomic mass is 32.1. The van der Waals surface area contributed by atoms with E-state index in [9.17, 15) is 4.79 Å². The number of carbonyl (C=O) groups excluding carboxylic acids is 1. The topological polar surface area (TPSA) is 63.9 Å². The first-order valence-corrected chi connectivity index (χ1v) is 10.4. The van der Waals surface area contributed by atoms with Crippen molar-refractivity contribution in [2.24, 2.45) is 0 Å². The van der Waals surface area contributed by atoms with Crippen molar-refractivity contribution >= 4 is 32.6 Å². The Morgan fingerprint density at radius 2 is 1.93 bits per heavy atom. The highest BCUT2D eigenvalue weighted by molar-refractivity contribution is 7.22. The Hall–Kier alpha value is -3.06. The number of anilines is 1. The van der Waals surface area contributed by atoms with Crippen LogP contribution in [0.3, 0.4) is 0 Å². The second-order valence-electron chi connectivity index (χ2n) is 7.10. The Bertz CT molecular complexity index is 1140. The molecular formula is C22H23N5OS. The quantitative estimate of drug-likeness (QED) is 0.484. The summed E-state index contributed by atoms with van der Waals surface area (Å²) in [6.07, 6.45) is 1.74. The number of pyridine rings is 1. The summed E-state index contributed by atoms with van der Waals surface area (Å²) >= 11 is 1.53. The number of rotatable bonds is 5. The maximum Gasteiger partial charge on any atom is 0.278 e. The second kappa shape index (κ2) is 7.75. The van der Waals surface area contributed by atoms with E-state index in [0.29, 0.717) is 23.9 Å². The van der Waals surface area contributed by atoms with Crippen LogP contribution in [0.25, 0.3) is 10.2 Å². The minimum Gasteiger partial charge on any atom is -0.277 e. The molecule has 0 aliphatic heterocycles. The molecule has 0 saturated heterocycles. The van der Waals surface area contributed by atoms with Gasteiger partial charge in [-0.05, 0) is 69.2 Å². The van der Waals surface area contributed by atoms with Crippen LogP contribution in [-0.2, 0) is 13.1 Å². The van der Waals surface area contributed by atoms with Crippen LogP contribution in [0.15, 0.2) is 42.6 Å². The van der Waals surface area contributed by atoms with Crippen molar-refractivity contribution in [1.29, 1.82) is 0 Å². The predicted octanol–water partition coefficient (Wildman–Crippen LogP) is 4.68. The number of carbonyl (C=O) groups is 1. The van der Waals surface area contributed by atoms with Gasteiger partial charge in [0.15, 0.2) is 5.13 Å². The largest absolute Gasteiger partial charge is 0.278 e. The van der Waals surface area contributed by atoms with Gasteiger partial charge in [0.2, 0.25) is 0 Å². The molecular weight excluding hydrogens is 382 g/mol. The predicted molar refractivity (Wildman–Crippen MR) is 116 cm³/mol. The van der Waals surface area contributed by atoms with Gasteiger partial charge in [0.25, 0.3) is 5.91 Å². The molecule has 0 spiro atoms. The molecule has 3 heterocycles. The molecule has 29 heavy (non-hydrogen) atoms. The second-order valence-corrected chi connectivity index (χ2v) is 8.11. The van der Waals surface area contributed by atoms with E-state index in [4.69, 9.17) is 4.98 Å². The molecule has 0 N–H and O–H groups in total. The average Bonchev–Trinajstić information content (AvgIpc) is 3.29. The summed E-state index contributed by atoms with van der Waals surface area (Å²) in [6.45, 7) is 9.03. The van der Waals surface area contributed by atoms with E-state index in [2.05, 4.69) is 36.1 Å². The van der Waals surface area contributed by atoms with Gasteiger partial charge in [-0.15, -0.1) is 0 Å². The molecule has 0 atom stereocenters. The standard InChI is InChI=1S/C22H23N5OS/c1-5-27-19(12-16(4)25-27)21(28)26(13-17-8-6-7-9-23-17)22-24-18-10-14(2)15(3)11-20(18)29-22/h6-12H,5,13H2,1-4H3. The third-order valence-electron chi connectivity index (χ3n) is 4.94. The molecule has 7 heteroatoms. The lowest BCUT2D eigenvalue weighted by atomic mass is 10.1. The van der Waals surface area contributed by atoms with E-state index in [1.165, 1.54) is 22.5 Å². The van der Waals surface area contributed by atoms with Gasteiger partial charge < -0.3 is 0 Å². The normalized spacial score (nSPS) is 11.2. The molecule has 4 aromatic rings. The lowest BCUT2D eigenvalue weighted by Crippen LogP contribution is -2.32. The molecule has 0 aliphatic carbocycles. The minimum absolute atomic E-state index is 0.120. The number of aromatic nitrogens is 4. The van der Waals surface area contributed by atoms with Crippen molar-refractivity contribution in [3.8, 4) is 0 Å². The molecule has 0 saturated carbocycles. The molecule has 0 aliphatic rings. The number of hydrogen-bond acceptors (Lipinski definition) is 5. The number of aryl methyl sites for hydroxylation is 4. The molecule has 3 aromatic heterocycles. The molecule has 148 valence electrons. The van der Waals surface area contributed by atoms with E-state index < -0.39 is 0 Å². The Labute approximate surface area is 173 Å². The maximum absolute atomic E-state index is 13.6. The zero-order valence-corrected chi connectivity index (χ0v) is 17.8. The summed E-state index contributed by atoms with van der Waals surface area (Å²) in [5.74, 6) is -0.120. The monoisotopic (exact) mass is 405 g/mol. The van der Waals surface area contributed by atoms with E-state index in [1.54, 1.807) is 15.8 Å². The number of benzene rings is 1. The number of amides is 1. The fraction of sp³-hybridized carbons (Fsp3) is 0.273. The fourth-order valence-corrected chi connectivity index (χ4v) is 4.30. The van der Waals surface area contributed by atoms with Crippen molar-refractivity contribution in [2.45, 2.75) is 40.8 Å². The van der Waals surface area contributed by atoms with Gasteiger partial charge in [0.1, 0.15) is 5.69 Å². The van der Waals surface area contributed by atoms with Gasteiger partial charge >= 0.3 is 0 Å². The summed E-state index contributed by atoms with van der Waals surface area (Å²) in [4.78, 5) is 24.5. The van der Waals surface area contributed by atoms with Crippen LogP contribution in [0.5, 0.6) is 0 Å². The van der Waals surface area contributed by atoms with Gasteiger partial charge in [-0.2, -0.15) is 5.10 Å². The summed E-state index contributed by atoms with van der Waals surface area (Å²) < 4.78 is 2.81. The molecule has 1 amide bonds. The van der Waals surface area contributed by atoms with Crippen LogP contribution < -0.4 is 4.90 Å². The highest BCUT2D eigenvalue weighted by Gasteiger charge is 2.25. The Morgan fingerprint density at radius 3 is 2.66 bits per heavy atom. The van der Waals surface area contributed by atoms with Crippen molar-refractivity contribution in [2.75, 3.05) is 4.90 Å². The molecule has 1 aromatic carbocycles. The van der Waals surface area contributed by atoms with Crippen molar-refractivity contribution in [3.63, 3.8) is 0 Å². The average molecular weight is 406 g/mol. The molecule has 4 rings (SSSR count). The number of nitrogens with zero attached hydrogens (tertiary/aromatic N) is 5. The van der Waals surface area contributed by atoms with Crippen LogP contribution in [0.1, 0.15) is 39.9 Å². The SMILES string of the molecule is CCn1nc(C)cc1C(=O)N(Cc1ccccn1)c1nc2cc(C)c(C)cc2s1. The first kappa shape index (κ1) is 19.3. The van der Waals surface area contributed by atoms with Gasteiger partial charge in [-0.3, -0.25) is 19.4 Å². The molecule has 0 bridgehead atoms. The Kier molecular flexibility index (Phi) is 5.15. The summed E-state index contributed by atoms with van der Waals surface area (Å²) in [5, 5.41) is 5.10. The fourth-order valence-electron chi connectivity index (χ4n) is 3.26. The van der Waals surface area contributed by atoms with E-state index in [1.807, 2.05) is 38.1 Å². The molecule has 0 unspecified atom stereocenters. The van der Waals surface area contributed by atoms with Crippen molar-refractivity contribution in [1.82, 2.24) is 19.7 Å². The Morgan fingerprint density at radius 1 is 1.14 bits per heavy atom. The number of thiazole rings is 1. The lowest BCUT2D eigenvalue weighted by Gasteiger charge is -2.19. The molecule has 6 nitrogen and oxygen atoms in total. The number of fused-ring (bicyclic) bond motifs is 1. The van der Waals surface area contributed by atoms with Gasteiger partial charge in [0, 0.05) is 12.7 Å². The Balaban J connectivity index is 1.81. The molecule has 0 radical (unpaired) electrons. The van der Waals surface area contributed by atoms with Crippen molar-refractivity contribution < 1.29 is 4.79 Å². The third kappa shape index (κ3) is 3.78.